The highest BCUT2D eigenvalue weighted by atomic mass is 16.6. The lowest BCUT2D eigenvalue weighted by Crippen LogP contribution is -2.27. The Morgan fingerprint density at radius 3 is 2.46 bits per heavy atom. The summed E-state index contributed by atoms with van der Waals surface area (Å²) in [6.07, 6.45) is -0.428. The molecular weight excluding hydrogens is 314 g/mol. The Morgan fingerprint density at radius 1 is 1.17 bits per heavy atom. The van der Waals surface area contributed by atoms with Crippen LogP contribution in [-0.4, -0.2) is 38.0 Å². The number of methoxy groups -OCH3 is 1. The Labute approximate surface area is 142 Å². The van der Waals surface area contributed by atoms with E-state index in [1.807, 2.05) is 0 Å². The number of esters is 1. The number of nitrogens with one attached hydrogen (secondary N) is 1. The van der Waals surface area contributed by atoms with Gasteiger partial charge in [-0.1, -0.05) is 6.92 Å². The molecule has 0 unspecified atom stereocenters. The molecule has 0 radical (unpaired) electrons. The molecule has 0 aliphatic rings. The van der Waals surface area contributed by atoms with E-state index in [-0.39, 0.29) is 12.2 Å². The molecule has 24 heavy (non-hydrogen) atoms. The van der Waals surface area contributed by atoms with E-state index in [2.05, 4.69) is 5.32 Å². The summed E-state index contributed by atoms with van der Waals surface area (Å²) >= 11 is 0. The highest BCUT2D eigenvalue weighted by molar-refractivity contribution is 5.88. The van der Waals surface area contributed by atoms with Gasteiger partial charge in [-0.05, 0) is 32.9 Å². The van der Waals surface area contributed by atoms with E-state index in [1.165, 1.54) is 0 Å². The highest BCUT2D eigenvalue weighted by Crippen LogP contribution is 2.30. The molecule has 0 aliphatic carbocycles. The van der Waals surface area contributed by atoms with Crippen molar-refractivity contribution in [1.29, 1.82) is 0 Å². The number of benzene rings is 1. The molecule has 0 saturated carbocycles. The van der Waals surface area contributed by atoms with Gasteiger partial charge in [0.2, 0.25) is 0 Å². The van der Waals surface area contributed by atoms with Gasteiger partial charge >= 0.3 is 12.1 Å². The summed E-state index contributed by atoms with van der Waals surface area (Å²) in [5.74, 6) is 0.330. The number of anilines is 1. The number of amides is 1. The van der Waals surface area contributed by atoms with E-state index < -0.39 is 17.7 Å². The predicted octanol–water partition coefficient (Wildman–Crippen LogP) is 3.37. The summed E-state index contributed by atoms with van der Waals surface area (Å²) < 4.78 is 20.9. The van der Waals surface area contributed by atoms with Crippen molar-refractivity contribution in [3.05, 3.63) is 18.2 Å². The maximum atomic E-state index is 12.0. The van der Waals surface area contributed by atoms with Crippen LogP contribution in [0, 0.1) is 0 Å². The van der Waals surface area contributed by atoms with Crippen LogP contribution >= 0.6 is 0 Å². The van der Waals surface area contributed by atoms with E-state index in [1.54, 1.807) is 53.0 Å². The number of hydrogen-bond donors (Lipinski definition) is 1. The zero-order valence-corrected chi connectivity index (χ0v) is 14.8. The summed E-state index contributed by atoms with van der Waals surface area (Å²) in [6, 6.07) is 4.77. The van der Waals surface area contributed by atoms with E-state index >= 15 is 0 Å². The minimum absolute atomic E-state index is 0.220. The van der Waals surface area contributed by atoms with Crippen LogP contribution in [0.15, 0.2) is 18.2 Å². The molecule has 1 aromatic carbocycles. The van der Waals surface area contributed by atoms with Crippen LogP contribution in [0.5, 0.6) is 11.5 Å². The molecule has 7 nitrogen and oxygen atoms in total. The summed E-state index contributed by atoms with van der Waals surface area (Å²) in [5, 5.41) is 2.58. The van der Waals surface area contributed by atoms with Gasteiger partial charge in [0, 0.05) is 19.6 Å². The first-order chi connectivity index (χ1) is 11.2. The van der Waals surface area contributed by atoms with Crippen molar-refractivity contribution in [2.45, 2.75) is 39.7 Å². The molecule has 0 atom stereocenters. The Balaban J connectivity index is 2.94. The lowest BCUT2D eigenvalue weighted by Gasteiger charge is -2.20. The second kappa shape index (κ2) is 9.12. The van der Waals surface area contributed by atoms with Crippen LogP contribution in [-0.2, 0) is 14.3 Å². The average Bonchev–Trinajstić information content (AvgIpc) is 2.47. The molecular formula is C17H25NO6. The lowest BCUT2D eigenvalue weighted by atomic mass is 10.2. The Bertz CT molecular complexity index is 565. The van der Waals surface area contributed by atoms with Crippen LogP contribution < -0.4 is 14.8 Å². The van der Waals surface area contributed by atoms with E-state index in [9.17, 15) is 9.59 Å². The fourth-order valence-corrected chi connectivity index (χ4v) is 1.64. The summed E-state index contributed by atoms with van der Waals surface area (Å²) in [5.41, 5.74) is -0.349. The van der Waals surface area contributed by atoms with Gasteiger partial charge in [-0.15, -0.1) is 0 Å². The Kier molecular flexibility index (Phi) is 7.51. The standard InChI is InChI=1S/C17H25NO6/c1-6-15(19)23-14-8-7-12(22-10-9-21-5)11-13(14)18-16(20)24-17(2,3)4/h7-8,11H,6,9-10H2,1-5H3,(H,18,20). The normalized spacial score (nSPS) is 10.9. The molecule has 0 aromatic heterocycles. The van der Waals surface area contributed by atoms with Gasteiger partial charge in [0.05, 0.1) is 12.3 Å². The molecule has 0 fully saturated rings. The summed E-state index contributed by atoms with van der Waals surface area (Å²) in [4.78, 5) is 23.5. The molecule has 0 saturated heterocycles. The Morgan fingerprint density at radius 2 is 1.88 bits per heavy atom. The van der Waals surface area contributed by atoms with Crippen molar-refractivity contribution >= 4 is 17.7 Å². The average molecular weight is 339 g/mol. The van der Waals surface area contributed by atoms with Crippen molar-refractivity contribution in [2.24, 2.45) is 0 Å². The molecule has 0 spiro atoms. The van der Waals surface area contributed by atoms with Gasteiger partial charge in [-0.2, -0.15) is 0 Å². The maximum Gasteiger partial charge on any atom is 0.412 e. The Hall–Kier alpha value is -2.28. The van der Waals surface area contributed by atoms with Gasteiger partial charge in [0.15, 0.2) is 5.75 Å². The zero-order chi connectivity index (χ0) is 18.2. The topological polar surface area (TPSA) is 83.1 Å². The summed E-state index contributed by atoms with van der Waals surface area (Å²) in [7, 11) is 1.58. The van der Waals surface area contributed by atoms with Crippen LogP contribution in [0.25, 0.3) is 0 Å². The molecule has 7 heteroatoms. The third kappa shape index (κ3) is 7.32. The fourth-order valence-electron chi connectivity index (χ4n) is 1.64. The predicted molar refractivity (Wildman–Crippen MR) is 89.6 cm³/mol. The summed E-state index contributed by atoms with van der Waals surface area (Å²) in [6.45, 7) is 7.75. The van der Waals surface area contributed by atoms with Gasteiger partial charge in [-0.3, -0.25) is 10.1 Å². The molecule has 1 amide bonds. The number of carbonyl (C=O) groups is 2. The first-order valence-corrected chi connectivity index (χ1v) is 7.71. The molecule has 1 N–H and O–H groups in total. The second-order valence-corrected chi connectivity index (χ2v) is 5.95. The molecule has 134 valence electrons. The van der Waals surface area contributed by atoms with Crippen LogP contribution in [0.4, 0.5) is 10.5 Å². The fraction of sp³-hybridized carbons (Fsp3) is 0.529. The SMILES string of the molecule is CCC(=O)Oc1ccc(OCCOC)cc1NC(=O)OC(C)(C)C. The quantitative estimate of drug-likeness (QED) is 0.466. The van der Waals surface area contributed by atoms with Crippen molar-refractivity contribution in [2.75, 3.05) is 25.6 Å². The third-order valence-electron chi connectivity index (χ3n) is 2.66. The molecule has 1 rings (SSSR count). The number of rotatable bonds is 7. The minimum atomic E-state index is -0.648. The van der Waals surface area contributed by atoms with Crippen molar-refractivity contribution in [3.63, 3.8) is 0 Å². The zero-order valence-electron chi connectivity index (χ0n) is 14.8. The monoisotopic (exact) mass is 339 g/mol. The third-order valence-corrected chi connectivity index (χ3v) is 2.66. The van der Waals surface area contributed by atoms with Gasteiger partial charge in [-0.25, -0.2) is 4.79 Å². The largest absolute Gasteiger partial charge is 0.491 e. The first-order valence-electron chi connectivity index (χ1n) is 7.71. The van der Waals surface area contributed by atoms with Crippen LogP contribution in [0.3, 0.4) is 0 Å². The first kappa shape index (κ1) is 19.8. The molecule has 0 aliphatic heterocycles. The molecule has 0 bridgehead atoms. The van der Waals surface area contributed by atoms with Gasteiger partial charge < -0.3 is 18.9 Å². The van der Waals surface area contributed by atoms with Gasteiger partial charge in [0.25, 0.3) is 0 Å². The maximum absolute atomic E-state index is 12.0. The highest BCUT2D eigenvalue weighted by Gasteiger charge is 2.18. The number of carbonyl (C=O) groups excluding carboxylic acids is 2. The second-order valence-electron chi connectivity index (χ2n) is 5.95. The van der Waals surface area contributed by atoms with Gasteiger partial charge in [0.1, 0.15) is 18.0 Å². The molecule has 0 heterocycles. The smallest absolute Gasteiger partial charge is 0.412 e. The lowest BCUT2D eigenvalue weighted by molar-refractivity contribution is -0.133. The van der Waals surface area contributed by atoms with Crippen LogP contribution in [0.1, 0.15) is 34.1 Å². The number of ether oxygens (including phenoxy) is 4. The van der Waals surface area contributed by atoms with E-state index in [0.717, 1.165) is 0 Å². The van der Waals surface area contributed by atoms with Crippen LogP contribution in [0.2, 0.25) is 0 Å². The van der Waals surface area contributed by atoms with E-state index in [4.69, 9.17) is 18.9 Å². The number of hydrogen-bond acceptors (Lipinski definition) is 6. The van der Waals surface area contributed by atoms with E-state index in [0.29, 0.717) is 24.7 Å². The van der Waals surface area contributed by atoms with Crippen molar-refractivity contribution in [3.8, 4) is 11.5 Å². The van der Waals surface area contributed by atoms with Crippen molar-refractivity contribution < 1.29 is 28.5 Å². The minimum Gasteiger partial charge on any atom is -0.491 e. The van der Waals surface area contributed by atoms with Crippen molar-refractivity contribution in [1.82, 2.24) is 0 Å². The molecule has 1 aromatic rings.